The smallest absolute Gasteiger partial charge is 0.237 e. The molecular weight excluding hydrogens is 522 g/mol. The van der Waals surface area contributed by atoms with E-state index in [0.29, 0.717) is 42.8 Å². The highest BCUT2D eigenvalue weighted by Gasteiger charge is 2.66. The second-order valence-electron chi connectivity index (χ2n) is 11.0. The number of rotatable bonds is 7. The number of hydrogen-bond donors (Lipinski definition) is 2. The van der Waals surface area contributed by atoms with Crippen molar-refractivity contribution in [1.82, 2.24) is 19.7 Å². The van der Waals surface area contributed by atoms with Gasteiger partial charge < -0.3 is 29.7 Å². The van der Waals surface area contributed by atoms with Crippen molar-refractivity contribution in [3.63, 3.8) is 0 Å². The zero-order valence-corrected chi connectivity index (χ0v) is 23.6. The lowest BCUT2D eigenvalue weighted by molar-refractivity contribution is -0.118. The van der Waals surface area contributed by atoms with Gasteiger partial charge in [0, 0.05) is 30.1 Å². The zero-order valence-electron chi connectivity index (χ0n) is 23.6. The van der Waals surface area contributed by atoms with Crippen LogP contribution >= 0.6 is 0 Å². The summed E-state index contributed by atoms with van der Waals surface area (Å²) in [6.07, 6.45) is 0.652. The minimum absolute atomic E-state index is 0.00552. The number of methoxy groups -OCH3 is 2. The van der Waals surface area contributed by atoms with Crippen molar-refractivity contribution >= 4 is 40.0 Å². The molecule has 3 aliphatic rings. The molecule has 212 valence electrons. The van der Waals surface area contributed by atoms with Crippen LogP contribution in [0, 0.1) is 0 Å². The van der Waals surface area contributed by atoms with E-state index in [1.165, 1.54) is 0 Å². The molecule has 0 bridgehead atoms. The molecular formula is C30H33N7O4. The number of nitrogens with one attached hydrogen (secondary N) is 2. The monoisotopic (exact) mass is 555 g/mol. The molecule has 41 heavy (non-hydrogen) atoms. The second-order valence-corrected chi connectivity index (χ2v) is 11.0. The summed E-state index contributed by atoms with van der Waals surface area (Å²) in [7, 11) is 3.27. The van der Waals surface area contributed by atoms with Crippen molar-refractivity contribution in [2.75, 3.05) is 56.1 Å². The molecule has 1 saturated carbocycles. The van der Waals surface area contributed by atoms with Gasteiger partial charge in [0.1, 0.15) is 17.0 Å². The minimum atomic E-state index is -0.684. The van der Waals surface area contributed by atoms with E-state index in [1.807, 2.05) is 47.1 Å². The van der Waals surface area contributed by atoms with Crippen molar-refractivity contribution in [3.8, 4) is 11.5 Å². The maximum absolute atomic E-state index is 13.3. The molecule has 1 amide bonds. The molecule has 2 atom stereocenters. The summed E-state index contributed by atoms with van der Waals surface area (Å²) >= 11 is 0. The summed E-state index contributed by atoms with van der Waals surface area (Å²) in [5.41, 5.74) is 2.04. The van der Waals surface area contributed by atoms with Crippen LogP contribution in [-0.4, -0.2) is 66.2 Å². The van der Waals surface area contributed by atoms with Crippen molar-refractivity contribution in [2.24, 2.45) is 0 Å². The predicted octanol–water partition coefficient (Wildman–Crippen LogP) is 4.38. The SMILES string of the molecule is COc1ccc2c(c1)[C@@]1(C[C@@H]1n1nc(Nc3nc(C(C)C)nc(N4CCOCC4)c3OC)c3ccccc31)C(=O)N2. The molecule has 1 spiro atoms. The van der Waals surface area contributed by atoms with Crippen LogP contribution in [0.15, 0.2) is 42.5 Å². The Balaban J connectivity index is 1.31. The lowest BCUT2D eigenvalue weighted by Gasteiger charge is -2.30. The lowest BCUT2D eigenvalue weighted by atomic mass is 9.96. The van der Waals surface area contributed by atoms with E-state index < -0.39 is 5.41 Å². The van der Waals surface area contributed by atoms with Gasteiger partial charge in [-0.3, -0.25) is 9.48 Å². The fourth-order valence-electron chi connectivity index (χ4n) is 6.07. The largest absolute Gasteiger partial charge is 0.497 e. The number of benzene rings is 2. The standard InChI is InChI=1S/C30H33N7O4/c1-17(2)25-32-27(24(40-4)28(34-25)36-11-13-41-14-12-36)33-26-19-7-5-6-8-22(19)37(35-26)23-16-30(23)20-15-18(39-3)9-10-21(20)31-29(30)38/h5-10,15,17,23H,11-14,16H2,1-4H3,(H,31,38)(H,32,33,34,35)/t23-,30+/m0/s1. The van der Waals surface area contributed by atoms with Crippen LogP contribution in [0.25, 0.3) is 10.9 Å². The summed E-state index contributed by atoms with van der Waals surface area (Å²) < 4.78 is 18.9. The highest BCUT2D eigenvalue weighted by Crippen LogP contribution is 2.63. The Hall–Kier alpha value is -4.38. The fourth-order valence-corrected chi connectivity index (χ4v) is 6.07. The number of amides is 1. The fraction of sp³-hybridized carbons (Fsp3) is 0.400. The molecule has 2 fully saturated rings. The Morgan fingerprint density at radius 3 is 2.63 bits per heavy atom. The molecule has 0 radical (unpaired) electrons. The van der Waals surface area contributed by atoms with E-state index in [1.54, 1.807) is 14.2 Å². The van der Waals surface area contributed by atoms with Crippen LogP contribution in [0.1, 0.15) is 43.6 Å². The van der Waals surface area contributed by atoms with Crippen molar-refractivity contribution in [3.05, 3.63) is 53.9 Å². The number of ether oxygens (including phenoxy) is 3. The maximum Gasteiger partial charge on any atom is 0.237 e. The van der Waals surface area contributed by atoms with Gasteiger partial charge in [-0.15, -0.1) is 0 Å². The van der Waals surface area contributed by atoms with Crippen LogP contribution in [0.2, 0.25) is 0 Å². The summed E-state index contributed by atoms with van der Waals surface area (Å²) in [6.45, 7) is 6.86. The van der Waals surface area contributed by atoms with Crippen LogP contribution in [-0.2, 0) is 14.9 Å². The van der Waals surface area contributed by atoms with Gasteiger partial charge in [0.15, 0.2) is 17.5 Å². The van der Waals surface area contributed by atoms with Gasteiger partial charge in [-0.1, -0.05) is 26.0 Å². The first-order chi connectivity index (χ1) is 19.9. The molecule has 1 saturated heterocycles. The average Bonchev–Trinajstić information content (AvgIpc) is 3.56. The van der Waals surface area contributed by atoms with E-state index in [2.05, 4.69) is 29.4 Å². The average molecular weight is 556 g/mol. The van der Waals surface area contributed by atoms with Gasteiger partial charge in [-0.05, 0) is 42.3 Å². The highest BCUT2D eigenvalue weighted by atomic mass is 16.5. The topological polar surface area (TPSA) is 116 Å². The summed E-state index contributed by atoms with van der Waals surface area (Å²) in [5, 5.41) is 12.5. The van der Waals surface area contributed by atoms with Crippen molar-refractivity contribution in [1.29, 1.82) is 0 Å². The molecule has 2 aromatic heterocycles. The zero-order chi connectivity index (χ0) is 28.3. The van der Waals surface area contributed by atoms with Crippen LogP contribution < -0.4 is 25.0 Å². The Morgan fingerprint density at radius 2 is 1.88 bits per heavy atom. The Kier molecular flexibility index (Phi) is 6.00. The minimum Gasteiger partial charge on any atom is -0.497 e. The number of aromatic nitrogens is 4. The summed E-state index contributed by atoms with van der Waals surface area (Å²) in [4.78, 5) is 25.3. The highest BCUT2D eigenvalue weighted by molar-refractivity contribution is 6.09. The first-order valence-corrected chi connectivity index (χ1v) is 14.0. The number of anilines is 4. The number of hydrogen-bond acceptors (Lipinski definition) is 9. The molecule has 11 heteroatoms. The van der Waals surface area contributed by atoms with E-state index >= 15 is 0 Å². The lowest BCUT2D eigenvalue weighted by Crippen LogP contribution is -2.37. The number of carbonyl (C=O) groups is 1. The first-order valence-electron chi connectivity index (χ1n) is 14.0. The molecule has 0 unspecified atom stereocenters. The number of para-hydroxylation sites is 1. The van der Waals surface area contributed by atoms with Crippen LogP contribution in [0.5, 0.6) is 11.5 Å². The molecule has 1 aliphatic carbocycles. The predicted molar refractivity (Wildman–Crippen MR) is 156 cm³/mol. The molecule has 4 heterocycles. The van der Waals surface area contributed by atoms with Gasteiger partial charge in [0.2, 0.25) is 11.7 Å². The molecule has 4 aromatic rings. The van der Waals surface area contributed by atoms with Crippen LogP contribution in [0.3, 0.4) is 0 Å². The van der Waals surface area contributed by atoms with Crippen molar-refractivity contribution < 1.29 is 19.0 Å². The second kappa shape index (κ2) is 9.62. The molecule has 2 aromatic carbocycles. The molecule has 2 N–H and O–H groups in total. The third-order valence-electron chi connectivity index (χ3n) is 8.33. The van der Waals surface area contributed by atoms with E-state index in [0.717, 1.165) is 46.8 Å². The quantitative estimate of drug-likeness (QED) is 0.343. The van der Waals surface area contributed by atoms with Crippen LogP contribution in [0.4, 0.5) is 23.1 Å². The number of fused-ring (bicyclic) bond motifs is 3. The van der Waals surface area contributed by atoms with Gasteiger partial charge in [-0.2, -0.15) is 5.10 Å². The number of nitrogens with zero attached hydrogens (tertiary/aromatic N) is 5. The summed E-state index contributed by atoms with van der Waals surface area (Å²) in [6, 6.07) is 13.6. The van der Waals surface area contributed by atoms with Gasteiger partial charge in [-0.25, -0.2) is 9.97 Å². The third-order valence-corrected chi connectivity index (χ3v) is 8.33. The molecule has 2 aliphatic heterocycles. The Labute approximate surface area is 237 Å². The first kappa shape index (κ1) is 25.6. The van der Waals surface area contributed by atoms with E-state index in [4.69, 9.17) is 29.3 Å². The number of carbonyl (C=O) groups excluding carboxylic acids is 1. The van der Waals surface area contributed by atoms with E-state index in [9.17, 15) is 4.79 Å². The van der Waals surface area contributed by atoms with E-state index in [-0.39, 0.29) is 17.9 Å². The molecule has 7 rings (SSSR count). The van der Waals surface area contributed by atoms with Gasteiger partial charge >= 0.3 is 0 Å². The Morgan fingerprint density at radius 1 is 1.07 bits per heavy atom. The maximum atomic E-state index is 13.3. The Bertz CT molecular complexity index is 1660. The summed E-state index contributed by atoms with van der Waals surface area (Å²) in [5.74, 6) is 4.06. The number of morpholine rings is 1. The van der Waals surface area contributed by atoms with Gasteiger partial charge in [0.05, 0.1) is 39.0 Å². The van der Waals surface area contributed by atoms with Gasteiger partial charge in [0.25, 0.3) is 0 Å². The molecule has 11 nitrogen and oxygen atoms in total. The normalized spacial score (nSPS) is 21.3. The third kappa shape index (κ3) is 3.98. The van der Waals surface area contributed by atoms with Crippen molar-refractivity contribution in [2.45, 2.75) is 37.6 Å².